The van der Waals surface area contributed by atoms with Gasteiger partial charge >= 0.3 is 0 Å². The summed E-state index contributed by atoms with van der Waals surface area (Å²) in [4.78, 5) is 12.8. The summed E-state index contributed by atoms with van der Waals surface area (Å²) in [7, 11) is 1.65. The third kappa shape index (κ3) is 2.15. The van der Waals surface area contributed by atoms with E-state index in [4.69, 9.17) is 9.47 Å². The zero-order valence-corrected chi connectivity index (χ0v) is 14.2. The standard InChI is InChI=1S/C19H23NO3/c1-18(2)9-13-16(14(21)10-18)12-8-19(3,20-13)23-17-11(12)6-5-7-15(17)22-4/h5-7,12,20H,8-10H2,1-4H3/t12-,19+/m1/s1. The molecule has 4 heteroatoms. The van der Waals surface area contributed by atoms with Crippen molar-refractivity contribution in [2.45, 2.75) is 51.7 Å². The monoisotopic (exact) mass is 313 g/mol. The predicted molar refractivity (Wildman–Crippen MR) is 87.6 cm³/mol. The molecule has 0 saturated carbocycles. The van der Waals surface area contributed by atoms with Crippen LogP contribution >= 0.6 is 0 Å². The fourth-order valence-corrected chi connectivity index (χ4v) is 4.35. The number of fused-ring (bicyclic) bond motifs is 5. The fourth-order valence-electron chi connectivity index (χ4n) is 4.35. The van der Waals surface area contributed by atoms with E-state index in [-0.39, 0.29) is 17.1 Å². The van der Waals surface area contributed by atoms with Gasteiger partial charge in [0, 0.05) is 35.6 Å². The van der Waals surface area contributed by atoms with Crippen LogP contribution in [0.3, 0.4) is 0 Å². The number of allylic oxidation sites excluding steroid dienone is 2. The van der Waals surface area contributed by atoms with Crippen LogP contribution in [0.15, 0.2) is 29.5 Å². The van der Waals surface area contributed by atoms with Crippen molar-refractivity contribution in [2.75, 3.05) is 7.11 Å². The van der Waals surface area contributed by atoms with Crippen molar-refractivity contribution in [3.05, 3.63) is 35.0 Å². The Kier molecular flexibility index (Phi) is 2.88. The highest BCUT2D eigenvalue weighted by molar-refractivity contribution is 5.99. The molecule has 0 amide bonds. The molecule has 2 aliphatic heterocycles. The second-order valence-electron chi connectivity index (χ2n) is 7.93. The molecule has 2 atom stereocenters. The molecule has 1 aliphatic carbocycles. The first-order valence-corrected chi connectivity index (χ1v) is 8.22. The van der Waals surface area contributed by atoms with Gasteiger partial charge in [-0.2, -0.15) is 0 Å². The molecule has 0 aromatic heterocycles. The third-order valence-electron chi connectivity index (χ3n) is 5.21. The molecule has 122 valence electrons. The second-order valence-corrected chi connectivity index (χ2v) is 7.93. The van der Waals surface area contributed by atoms with Crippen LogP contribution in [0.5, 0.6) is 11.5 Å². The first kappa shape index (κ1) is 14.6. The number of Topliss-reactive ketones (excluding diaryl/α,β-unsaturated/α-hetero) is 1. The summed E-state index contributed by atoms with van der Waals surface area (Å²) >= 11 is 0. The lowest BCUT2D eigenvalue weighted by Crippen LogP contribution is -2.56. The SMILES string of the molecule is COc1cccc2c1O[C@@]1(C)C[C@H]2C2=C(CC(C)(C)CC2=O)N1. The van der Waals surface area contributed by atoms with E-state index >= 15 is 0 Å². The number of hydrogen-bond donors (Lipinski definition) is 1. The largest absolute Gasteiger partial charge is 0.493 e. The molecule has 1 aromatic carbocycles. The molecule has 4 nitrogen and oxygen atoms in total. The van der Waals surface area contributed by atoms with Crippen molar-refractivity contribution in [3.63, 3.8) is 0 Å². The van der Waals surface area contributed by atoms with Crippen LogP contribution in [0.4, 0.5) is 0 Å². The lowest BCUT2D eigenvalue weighted by molar-refractivity contribution is -0.119. The van der Waals surface area contributed by atoms with Crippen molar-refractivity contribution in [2.24, 2.45) is 5.41 Å². The zero-order valence-electron chi connectivity index (χ0n) is 14.2. The Morgan fingerprint density at radius 2 is 2.04 bits per heavy atom. The number of methoxy groups -OCH3 is 1. The number of nitrogens with one attached hydrogen (secondary N) is 1. The van der Waals surface area contributed by atoms with Gasteiger partial charge in [-0.25, -0.2) is 0 Å². The summed E-state index contributed by atoms with van der Waals surface area (Å²) in [5.74, 6) is 1.86. The van der Waals surface area contributed by atoms with Gasteiger partial charge in [0.05, 0.1) is 7.11 Å². The number of para-hydroxylation sites is 1. The quantitative estimate of drug-likeness (QED) is 0.862. The van der Waals surface area contributed by atoms with Crippen LogP contribution in [0.2, 0.25) is 0 Å². The summed E-state index contributed by atoms with van der Waals surface area (Å²) in [6.07, 6.45) is 2.28. The van der Waals surface area contributed by atoms with E-state index in [0.717, 1.165) is 41.2 Å². The highest BCUT2D eigenvalue weighted by atomic mass is 16.5. The topological polar surface area (TPSA) is 47.6 Å². The van der Waals surface area contributed by atoms with Crippen molar-refractivity contribution in [1.29, 1.82) is 0 Å². The van der Waals surface area contributed by atoms with Crippen molar-refractivity contribution < 1.29 is 14.3 Å². The van der Waals surface area contributed by atoms with Crippen LogP contribution < -0.4 is 14.8 Å². The van der Waals surface area contributed by atoms with Crippen molar-refractivity contribution in [3.8, 4) is 11.5 Å². The summed E-state index contributed by atoms with van der Waals surface area (Å²) in [5.41, 5.74) is 2.61. The third-order valence-corrected chi connectivity index (χ3v) is 5.21. The lowest BCUT2D eigenvalue weighted by Gasteiger charge is -2.49. The Labute approximate surface area is 136 Å². The van der Waals surface area contributed by atoms with Gasteiger partial charge in [0.1, 0.15) is 0 Å². The molecule has 3 aliphatic rings. The molecule has 0 unspecified atom stereocenters. The molecule has 2 heterocycles. The molecule has 0 fully saturated rings. The average Bonchev–Trinajstić information content (AvgIpc) is 2.43. The minimum Gasteiger partial charge on any atom is -0.493 e. The Balaban J connectivity index is 1.90. The van der Waals surface area contributed by atoms with E-state index in [2.05, 4.69) is 32.2 Å². The van der Waals surface area contributed by atoms with Gasteiger partial charge in [0.15, 0.2) is 23.0 Å². The number of ether oxygens (including phenoxy) is 2. The second kappa shape index (κ2) is 4.53. The predicted octanol–water partition coefficient (Wildman–Crippen LogP) is 3.52. The van der Waals surface area contributed by atoms with Gasteiger partial charge < -0.3 is 14.8 Å². The molecule has 23 heavy (non-hydrogen) atoms. The van der Waals surface area contributed by atoms with E-state index in [1.807, 2.05) is 12.1 Å². The Hall–Kier alpha value is -1.97. The highest BCUT2D eigenvalue weighted by Gasteiger charge is 2.49. The van der Waals surface area contributed by atoms with Crippen LogP contribution in [0.25, 0.3) is 0 Å². The first-order valence-electron chi connectivity index (χ1n) is 8.22. The number of benzene rings is 1. The van der Waals surface area contributed by atoms with Gasteiger partial charge in [-0.1, -0.05) is 26.0 Å². The van der Waals surface area contributed by atoms with E-state index in [0.29, 0.717) is 6.42 Å². The molecular formula is C19H23NO3. The number of rotatable bonds is 1. The summed E-state index contributed by atoms with van der Waals surface area (Å²) < 4.78 is 11.7. The van der Waals surface area contributed by atoms with Gasteiger partial charge in [-0.15, -0.1) is 0 Å². The van der Waals surface area contributed by atoms with Crippen LogP contribution in [0, 0.1) is 5.41 Å². The smallest absolute Gasteiger partial charge is 0.178 e. The summed E-state index contributed by atoms with van der Waals surface area (Å²) in [6.45, 7) is 6.37. The molecule has 0 saturated heterocycles. The Morgan fingerprint density at radius 1 is 1.26 bits per heavy atom. The number of hydrogen-bond acceptors (Lipinski definition) is 4. The van der Waals surface area contributed by atoms with E-state index in [9.17, 15) is 4.79 Å². The van der Waals surface area contributed by atoms with Gasteiger partial charge in [-0.05, 0) is 24.8 Å². The maximum atomic E-state index is 12.8. The molecule has 0 spiro atoms. The summed E-state index contributed by atoms with van der Waals surface area (Å²) in [6, 6.07) is 5.94. The number of ketones is 1. The molecule has 1 aromatic rings. The van der Waals surface area contributed by atoms with Crippen LogP contribution in [0.1, 0.15) is 51.5 Å². The maximum absolute atomic E-state index is 12.8. The average molecular weight is 313 g/mol. The first-order chi connectivity index (χ1) is 10.8. The van der Waals surface area contributed by atoms with Crippen molar-refractivity contribution >= 4 is 5.78 Å². The highest BCUT2D eigenvalue weighted by Crippen LogP contribution is 2.53. The minimum atomic E-state index is -0.487. The normalized spacial score (nSPS) is 30.8. The Morgan fingerprint density at radius 3 is 2.78 bits per heavy atom. The zero-order chi connectivity index (χ0) is 16.4. The van der Waals surface area contributed by atoms with Crippen molar-refractivity contribution in [1.82, 2.24) is 5.32 Å². The molecule has 2 bridgehead atoms. The lowest BCUT2D eigenvalue weighted by atomic mass is 9.67. The molecule has 1 N–H and O–H groups in total. The van der Waals surface area contributed by atoms with E-state index in [1.165, 1.54) is 0 Å². The minimum absolute atomic E-state index is 0.00210. The van der Waals surface area contributed by atoms with Gasteiger partial charge in [0.2, 0.25) is 0 Å². The Bertz CT molecular complexity index is 734. The van der Waals surface area contributed by atoms with Crippen LogP contribution in [-0.4, -0.2) is 18.6 Å². The molecule has 4 rings (SSSR count). The maximum Gasteiger partial charge on any atom is 0.178 e. The van der Waals surface area contributed by atoms with Gasteiger partial charge in [-0.3, -0.25) is 4.79 Å². The molecular weight excluding hydrogens is 290 g/mol. The van der Waals surface area contributed by atoms with E-state index < -0.39 is 5.72 Å². The van der Waals surface area contributed by atoms with E-state index in [1.54, 1.807) is 7.11 Å². The summed E-state index contributed by atoms with van der Waals surface area (Å²) in [5, 5.41) is 3.52. The number of carbonyl (C=O) groups excluding carboxylic acids is 1. The van der Waals surface area contributed by atoms with Crippen LogP contribution in [-0.2, 0) is 4.79 Å². The number of carbonyl (C=O) groups is 1. The molecule has 0 radical (unpaired) electrons. The fraction of sp³-hybridized carbons (Fsp3) is 0.526. The van der Waals surface area contributed by atoms with Gasteiger partial charge in [0.25, 0.3) is 0 Å².